The highest BCUT2D eigenvalue weighted by Gasteiger charge is 2.55. The zero-order chi connectivity index (χ0) is 27.5. The summed E-state index contributed by atoms with van der Waals surface area (Å²) in [5, 5.41) is 6.53. The van der Waals surface area contributed by atoms with E-state index in [1.54, 1.807) is 0 Å². The lowest BCUT2D eigenvalue weighted by atomic mass is 9.87. The van der Waals surface area contributed by atoms with E-state index in [1.165, 1.54) is 0 Å². The highest BCUT2D eigenvalue weighted by Crippen LogP contribution is 2.36. The van der Waals surface area contributed by atoms with Crippen LogP contribution in [0, 0.1) is 0 Å². The number of halogens is 6. The van der Waals surface area contributed by atoms with Gasteiger partial charge in [-0.2, -0.15) is 26.3 Å². The van der Waals surface area contributed by atoms with Gasteiger partial charge in [0.1, 0.15) is 0 Å². The van der Waals surface area contributed by atoms with Crippen molar-refractivity contribution in [1.29, 1.82) is 0 Å². The Kier molecular flexibility index (Phi) is 14.8. The molecule has 0 amide bonds. The number of nitrogens with one attached hydrogen (secondary N) is 3. The number of ether oxygens (including phenoxy) is 1. The molecule has 3 N–H and O–H groups in total. The molecule has 0 aliphatic carbocycles. The molecule has 0 radical (unpaired) electrons. The lowest BCUT2D eigenvalue weighted by Crippen LogP contribution is -2.46. The second kappa shape index (κ2) is 14.2. The van der Waals surface area contributed by atoms with E-state index in [0.717, 1.165) is 51.6 Å². The van der Waals surface area contributed by atoms with Crippen molar-refractivity contribution < 1.29 is 47.9 Å². The maximum absolute atomic E-state index is 11.5. The standard InChI is InChI=1S/C16H36N2O.C2HF6NO4S2/c1-7-15(8-2,11-13-17-5)19-16(9-3,10-4)12-14-18-6;3-1(4,5)14(10,11)9-15(12,13)2(6,7)8/h17-18H,7-14H2,1-6H3;9H. The van der Waals surface area contributed by atoms with E-state index in [1.807, 2.05) is 14.1 Å². The molecule has 0 aromatic heterocycles. The Hall–Kier alpha value is -0.680. The molecule has 0 bridgehead atoms. The van der Waals surface area contributed by atoms with Gasteiger partial charge >= 0.3 is 31.1 Å². The van der Waals surface area contributed by atoms with E-state index < -0.39 is 35.2 Å². The van der Waals surface area contributed by atoms with Crippen LogP contribution in [0.5, 0.6) is 0 Å². The molecule has 0 rings (SSSR count). The van der Waals surface area contributed by atoms with Crippen molar-refractivity contribution in [3.05, 3.63) is 0 Å². The van der Waals surface area contributed by atoms with Crippen molar-refractivity contribution in [1.82, 2.24) is 14.8 Å². The molecule has 16 heteroatoms. The molecule has 0 aliphatic heterocycles. The van der Waals surface area contributed by atoms with Crippen LogP contribution in [0.1, 0.15) is 66.2 Å². The maximum Gasteiger partial charge on any atom is 0.512 e. The van der Waals surface area contributed by atoms with Crippen LogP contribution in [-0.4, -0.2) is 66.2 Å². The molecule has 208 valence electrons. The summed E-state index contributed by atoms with van der Waals surface area (Å²) in [6.45, 7) is 11.1. The van der Waals surface area contributed by atoms with Gasteiger partial charge in [0.25, 0.3) is 0 Å². The van der Waals surface area contributed by atoms with Crippen molar-refractivity contribution in [2.75, 3.05) is 27.2 Å². The van der Waals surface area contributed by atoms with Gasteiger partial charge < -0.3 is 15.4 Å². The molecule has 0 aromatic carbocycles. The predicted octanol–water partition coefficient (Wildman–Crippen LogP) is 3.61. The average molecular weight is 554 g/mol. The van der Waals surface area contributed by atoms with Gasteiger partial charge in [-0.1, -0.05) is 31.8 Å². The van der Waals surface area contributed by atoms with Crippen molar-refractivity contribution in [3.8, 4) is 0 Å². The third kappa shape index (κ3) is 10.9. The Balaban J connectivity index is 0. The third-order valence-corrected chi connectivity index (χ3v) is 8.47. The minimum absolute atomic E-state index is 0.0305. The molecule has 0 spiro atoms. The third-order valence-electron chi connectivity index (χ3n) is 5.50. The van der Waals surface area contributed by atoms with Gasteiger partial charge in [-0.05, 0) is 65.7 Å². The molecule has 0 unspecified atom stereocenters. The summed E-state index contributed by atoms with van der Waals surface area (Å²) in [6, 6.07) is 0. The van der Waals surface area contributed by atoms with Gasteiger partial charge in [0.05, 0.1) is 11.2 Å². The summed E-state index contributed by atoms with van der Waals surface area (Å²) in [5.41, 5.74) is -12.2. The number of rotatable bonds is 14. The molecule has 0 fully saturated rings. The topological polar surface area (TPSA) is 114 Å². The normalized spacial score (nSPS) is 14.0. The SMILES string of the molecule is CCC(CC)(CCNC)OC(CC)(CC)CCNC.O=S(=O)(NS(=O)(=O)C(F)(F)F)C(F)(F)F. The summed E-state index contributed by atoms with van der Waals surface area (Å²) in [4.78, 5) is 0. The van der Waals surface area contributed by atoms with Crippen LogP contribution in [0.4, 0.5) is 26.3 Å². The Bertz CT molecular complexity index is 715. The predicted molar refractivity (Wildman–Crippen MR) is 118 cm³/mol. The Morgan fingerprint density at radius 2 is 0.882 bits per heavy atom. The monoisotopic (exact) mass is 553 g/mol. The summed E-state index contributed by atoms with van der Waals surface area (Å²) >= 11 is 0. The highest BCUT2D eigenvalue weighted by molar-refractivity contribution is 8.05. The number of hydrogen-bond acceptors (Lipinski definition) is 7. The Morgan fingerprint density at radius 3 is 1.06 bits per heavy atom. The van der Waals surface area contributed by atoms with Crippen molar-refractivity contribution in [2.24, 2.45) is 0 Å². The Labute approximate surface area is 198 Å². The van der Waals surface area contributed by atoms with Crippen LogP contribution in [0.25, 0.3) is 0 Å². The zero-order valence-corrected chi connectivity index (χ0v) is 21.9. The molecule has 0 saturated heterocycles. The van der Waals surface area contributed by atoms with Gasteiger partial charge in [0.15, 0.2) is 0 Å². The minimum atomic E-state index is -6.60. The first-order valence-corrected chi connectivity index (χ1v) is 13.6. The summed E-state index contributed by atoms with van der Waals surface area (Å²) < 4.78 is 115. The van der Waals surface area contributed by atoms with Gasteiger partial charge in [-0.25, -0.2) is 16.8 Å². The second-order valence-electron chi connectivity index (χ2n) is 7.57. The molecule has 0 heterocycles. The fourth-order valence-corrected chi connectivity index (χ4v) is 4.91. The second-order valence-corrected chi connectivity index (χ2v) is 11.2. The minimum Gasteiger partial charge on any atom is -0.368 e. The first-order valence-electron chi connectivity index (χ1n) is 10.7. The van der Waals surface area contributed by atoms with Crippen LogP contribution in [-0.2, 0) is 24.8 Å². The average Bonchev–Trinajstić information content (AvgIpc) is 2.72. The molecular weight excluding hydrogens is 516 g/mol. The summed E-state index contributed by atoms with van der Waals surface area (Å²) in [5.74, 6) is 0. The first-order chi connectivity index (χ1) is 15.3. The van der Waals surface area contributed by atoms with E-state index in [9.17, 15) is 43.2 Å². The highest BCUT2D eigenvalue weighted by atomic mass is 32.3. The van der Waals surface area contributed by atoms with Crippen LogP contribution in [0.3, 0.4) is 0 Å². The molecule has 0 atom stereocenters. The van der Waals surface area contributed by atoms with Gasteiger partial charge in [-0.3, -0.25) is 0 Å². The van der Waals surface area contributed by atoms with Crippen LogP contribution in [0.2, 0.25) is 0 Å². The lowest BCUT2D eigenvalue weighted by molar-refractivity contribution is -0.170. The molecule has 8 nitrogen and oxygen atoms in total. The first kappa shape index (κ1) is 35.5. The Morgan fingerprint density at radius 1 is 0.618 bits per heavy atom. The van der Waals surface area contributed by atoms with Gasteiger partial charge in [0.2, 0.25) is 0 Å². The molecule has 34 heavy (non-hydrogen) atoms. The summed E-state index contributed by atoms with van der Waals surface area (Å²) in [7, 11) is -9.16. The number of sulfonamides is 2. The molecular formula is C18H37F6N3O5S2. The fourth-order valence-electron chi connectivity index (χ4n) is 3.00. The quantitative estimate of drug-likeness (QED) is 0.282. The van der Waals surface area contributed by atoms with Crippen LogP contribution >= 0.6 is 0 Å². The summed E-state index contributed by atoms with van der Waals surface area (Å²) in [6.07, 6.45) is 6.55. The molecule has 0 aliphatic rings. The van der Waals surface area contributed by atoms with Gasteiger partial charge in [0, 0.05) is 0 Å². The van der Waals surface area contributed by atoms with E-state index in [0.29, 0.717) is 0 Å². The smallest absolute Gasteiger partial charge is 0.368 e. The van der Waals surface area contributed by atoms with E-state index in [4.69, 9.17) is 4.74 Å². The zero-order valence-electron chi connectivity index (χ0n) is 20.3. The van der Waals surface area contributed by atoms with E-state index in [2.05, 4.69) is 38.3 Å². The van der Waals surface area contributed by atoms with Crippen molar-refractivity contribution in [2.45, 2.75) is 88.4 Å². The van der Waals surface area contributed by atoms with Crippen LogP contribution in [0.15, 0.2) is 0 Å². The van der Waals surface area contributed by atoms with E-state index >= 15 is 0 Å². The maximum atomic E-state index is 11.5. The van der Waals surface area contributed by atoms with E-state index in [-0.39, 0.29) is 11.2 Å². The van der Waals surface area contributed by atoms with Gasteiger partial charge in [-0.15, -0.1) is 0 Å². The van der Waals surface area contributed by atoms with Crippen molar-refractivity contribution >= 4 is 20.0 Å². The number of hydrogen-bond donors (Lipinski definition) is 3. The fraction of sp³-hybridized carbons (Fsp3) is 1.00. The lowest BCUT2D eigenvalue weighted by Gasteiger charge is -2.43. The molecule has 0 aromatic rings. The molecule has 0 saturated carbocycles. The van der Waals surface area contributed by atoms with Crippen LogP contribution < -0.4 is 14.8 Å². The van der Waals surface area contributed by atoms with Crippen molar-refractivity contribution in [3.63, 3.8) is 0 Å². The largest absolute Gasteiger partial charge is 0.512 e. The number of alkyl halides is 6.